The number of amides is 1. The van der Waals surface area contributed by atoms with Gasteiger partial charge < -0.3 is 5.32 Å². The Morgan fingerprint density at radius 1 is 1.25 bits per heavy atom. The van der Waals surface area contributed by atoms with E-state index in [0.717, 1.165) is 10.0 Å². The second-order valence-electron chi connectivity index (χ2n) is 4.32. The van der Waals surface area contributed by atoms with Crippen LogP contribution in [0.2, 0.25) is 5.02 Å². The molecule has 0 atom stereocenters. The number of rotatable bonds is 4. The molecule has 2 aromatic carbocycles. The highest BCUT2D eigenvalue weighted by Gasteiger charge is 2.07. The summed E-state index contributed by atoms with van der Waals surface area (Å²) in [5.74, 6) is -0.511. The molecule has 0 aliphatic carbocycles. The van der Waals surface area contributed by atoms with Crippen LogP contribution in [0.25, 0.3) is 0 Å². The van der Waals surface area contributed by atoms with Crippen LogP contribution in [-0.2, 0) is 17.8 Å². The van der Waals surface area contributed by atoms with Gasteiger partial charge in [0.1, 0.15) is 5.82 Å². The molecule has 0 aliphatic rings. The van der Waals surface area contributed by atoms with Crippen molar-refractivity contribution in [3.63, 3.8) is 0 Å². The van der Waals surface area contributed by atoms with E-state index in [-0.39, 0.29) is 24.7 Å². The molecular formula is C15H12BrClFNO. The van der Waals surface area contributed by atoms with Crippen LogP contribution in [0, 0.1) is 5.82 Å². The number of nitrogens with one attached hydrogen (secondary N) is 1. The molecule has 2 rings (SSSR count). The number of hydrogen-bond donors (Lipinski definition) is 1. The zero-order valence-corrected chi connectivity index (χ0v) is 12.8. The monoisotopic (exact) mass is 355 g/mol. The Hall–Kier alpha value is -1.39. The summed E-state index contributed by atoms with van der Waals surface area (Å²) in [6, 6.07) is 11.7. The Morgan fingerprint density at radius 2 is 2.05 bits per heavy atom. The molecule has 0 heterocycles. The standard InChI is InChI=1S/C15H12BrClFNO/c16-12-4-5-14(18)11(8-12)9-19-15(20)7-10-2-1-3-13(17)6-10/h1-6,8H,7,9H2,(H,19,20). The summed E-state index contributed by atoms with van der Waals surface area (Å²) in [7, 11) is 0. The quantitative estimate of drug-likeness (QED) is 0.878. The molecule has 0 radical (unpaired) electrons. The molecule has 0 unspecified atom stereocenters. The zero-order valence-electron chi connectivity index (χ0n) is 10.5. The summed E-state index contributed by atoms with van der Waals surface area (Å²) in [5.41, 5.74) is 1.27. The molecule has 0 saturated carbocycles. The van der Waals surface area contributed by atoms with Crippen molar-refractivity contribution in [1.82, 2.24) is 5.32 Å². The lowest BCUT2D eigenvalue weighted by atomic mass is 10.1. The summed E-state index contributed by atoms with van der Waals surface area (Å²) in [6.45, 7) is 0.157. The van der Waals surface area contributed by atoms with Gasteiger partial charge in [0, 0.05) is 21.6 Å². The second-order valence-corrected chi connectivity index (χ2v) is 5.67. The molecule has 0 saturated heterocycles. The van der Waals surface area contributed by atoms with Crippen LogP contribution < -0.4 is 5.32 Å². The van der Waals surface area contributed by atoms with Gasteiger partial charge >= 0.3 is 0 Å². The number of carbonyl (C=O) groups excluding carboxylic acids is 1. The molecule has 1 amide bonds. The molecule has 0 fully saturated rings. The van der Waals surface area contributed by atoms with Crippen molar-refractivity contribution in [2.24, 2.45) is 0 Å². The van der Waals surface area contributed by atoms with Crippen molar-refractivity contribution in [2.75, 3.05) is 0 Å². The van der Waals surface area contributed by atoms with Crippen molar-refractivity contribution >= 4 is 33.4 Å². The van der Waals surface area contributed by atoms with Crippen LogP contribution in [0.5, 0.6) is 0 Å². The first kappa shape index (κ1) is 15.0. The van der Waals surface area contributed by atoms with Crippen molar-refractivity contribution < 1.29 is 9.18 Å². The van der Waals surface area contributed by atoms with Gasteiger partial charge in [0.05, 0.1) is 6.42 Å². The Kier molecular flexibility index (Phi) is 5.15. The minimum atomic E-state index is -0.337. The van der Waals surface area contributed by atoms with Crippen LogP contribution in [0.4, 0.5) is 4.39 Å². The van der Waals surface area contributed by atoms with Gasteiger partial charge in [-0.2, -0.15) is 0 Å². The molecule has 20 heavy (non-hydrogen) atoms. The van der Waals surface area contributed by atoms with Gasteiger partial charge in [0.15, 0.2) is 0 Å². The molecule has 5 heteroatoms. The van der Waals surface area contributed by atoms with Gasteiger partial charge in [-0.1, -0.05) is 39.7 Å². The summed E-state index contributed by atoms with van der Waals surface area (Å²) in [6.07, 6.45) is 0.218. The lowest BCUT2D eigenvalue weighted by Gasteiger charge is -2.07. The average Bonchev–Trinajstić information content (AvgIpc) is 2.40. The predicted molar refractivity (Wildman–Crippen MR) is 81.1 cm³/mol. The van der Waals surface area contributed by atoms with Crippen molar-refractivity contribution in [3.05, 3.63) is 68.9 Å². The van der Waals surface area contributed by atoms with Crippen LogP contribution in [0.15, 0.2) is 46.9 Å². The van der Waals surface area contributed by atoms with Gasteiger partial charge in [-0.05, 0) is 35.9 Å². The van der Waals surface area contributed by atoms with Crippen LogP contribution in [0.3, 0.4) is 0 Å². The fourth-order valence-corrected chi connectivity index (χ4v) is 2.39. The van der Waals surface area contributed by atoms with Crippen molar-refractivity contribution in [3.8, 4) is 0 Å². The highest BCUT2D eigenvalue weighted by Crippen LogP contribution is 2.15. The van der Waals surface area contributed by atoms with Crippen molar-refractivity contribution in [2.45, 2.75) is 13.0 Å². The van der Waals surface area contributed by atoms with E-state index in [1.54, 1.807) is 30.3 Å². The maximum atomic E-state index is 13.5. The van der Waals surface area contributed by atoms with Crippen LogP contribution in [-0.4, -0.2) is 5.91 Å². The second kappa shape index (κ2) is 6.86. The third-order valence-electron chi connectivity index (χ3n) is 2.74. The van der Waals surface area contributed by atoms with E-state index in [4.69, 9.17) is 11.6 Å². The number of halogens is 3. The first-order chi connectivity index (χ1) is 9.54. The smallest absolute Gasteiger partial charge is 0.224 e. The Bertz CT molecular complexity index is 633. The SMILES string of the molecule is O=C(Cc1cccc(Cl)c1)NCc1cc(Br)ccc1F. The molecule has 2 nitrogen and oxygen atoms in total. The van der Waals surface area contributed by atoms with E-state index >= 15 is 0 Å². The summed E-state index contributed by atoms with van der Waals surface area (Å²) in [5, 5.41) is 3.28. The fourth-order valence-electron chi connectivity index (χ4n) is 1.77. The van der Waals surface area contributed by atoms with E-state index in [1.807, 2.05) is 6.07 Å². The van der Waals surface area contributed by atoms with E-state index in [1.165, 1.54) is 6.07 Å². The molecular weight excluding hydrogens is 345 g/mol. The van der Waals surface area contributed by atoms with Gasteiger partial charge in [0.2, 0.25) is 5.91 Å². The van der Waals surface area contributed by atoms with E-state index in [2.05, 4.69) is 21.2 Å². The molecule has 1 N–H and O–H groups in total. The number of carbonyl (C=O) groups is 1. The van der Waals surface area contributed by atoms with Gasteiger partial charge in [-0.25, -0.2) is 4.39 Å². The minimum absolute atomic E-state index is 0.157. The van der Waals surface area contributed by atoms with Gasteiger partial charge in [0.25, 0.3) is 0 Å². The normalized spacial score (nSPS) is 10.3. The topological polar surface area (TPSA) is 29.1 Å². The Morgan fingerprint density at radius 3 is 2.80 bits per heavy atom. The van der Waals surface area contributed by atoms with E-state index in [9.17, 15) is 9.18 Å². The van der Waals surface area contributed by atoms with E-state index in [0.29, 0.717) is 10.6 Å². The lowest BCUT2D eigenvalue weighted by molar-refractivity contribution is -0.120. The Balaban J connectivity index is 1.94. The van der Waals surface area contributed by atoms with Crippen LogP contribution >= 0.6 is 27.5 Å². The summed E-state index contributed by atoms with van der Waals surface area (Å²) in [4.78, 5) is 11.8. The summed E-state index contributed by atoms with van der Waals surface area (Å²) >= 11 is 9.12. The molecule has 2 aromatic rings. The average molecular weight is 357 g/mol. The first-order valence-corrected chi connectivity index (χ1v) is 7.17. The maximum Gasteiger partial charge on any atom is 0.224 e. The largest absolute Gasteiger partial charge is 0.352 e. The first-order valence-electron chi connectivity index (χ1n) is 5.99. The number of benzene rings is 2. The third-order valence-corrected chi connectivity index (χ3v) is 3.47. The number of hydrogen-bond acceptors (Lipinski definition) is 1. The maximum absolute atomic E-state index is 13.5. The molecule has 0 bridgehead atoms. The fraction of sp³-hybridized carbons (Fsp3) is 0.133. The van der Waals surface area contributed by atoms with Crippen LogP contribution in [0.1, 0.15) is 11.1 Å². The molecule has 0 spiro atoms. The Labute approximate surface area is 130 Å². The van der Waals surface area contributed by atoms with Gasteiger partial charge in [-0.3, -0.25) is 4.79 Å². The van der Waals surface area contributed by atoms with E-state index < -0.39 is 0 Å². The molecule has 0 aromatic heterocycles. The van der Waals surface area contributed by atoms with Gasteiger partial charge in [-0.15, -0.1) is 0 Å². The highest BCUT2D eigenvalue weighted by atomic mass is 79.9. The highest BCUT2D eigenvalue weighted by molar-refractivity contribution is 9.10. The minimum Gasteiger partial charge on any atom is -0.352 e. The molecule has 0 aliphatic heterocycles. The lowest BCUT2D eigenvalue weighted by Crippen LogP contribution is -2.25. The summed E-state index contributed by atoms with van der Waals surface area (Å²) < 4.78 is 14.3. The zero-order chi connectivity index (χ0) is 14.5. The van der Waals surface area contributed by atoms with Crippen molar-refractivity contribution in [1.29, 1.82) is 0 Å². The predicted octanol–water partition coefficient (Wildman–Crippen LogP) is 4.10. The molecule has 104 valence electrons. The third kappa shape index (κ3) is 4.32.